The summed E-state index contributed by atoms with van der Waals surface area (Å²) in [6.45, 7) is 4.16. The maximum atomic E-state index is 12.6. The van der Waals surface area contributed by atoms with Crippen LogP contribution in [0.3, 0.4) is 0 Å². The van der Waals surface area contributed by atoms with Gasteiger partial charge in [0.2, 0.25) is 10.0 Å². The molecule has 0 heterocycles. The Morgan fingerprint density at radius 2 is 1.95 bits per heavy atom. The average Bonchev–Trinajstić information content (AvgIpc) is 2.47. The molecule has 1 fully saturated rings. The van der Waals surface area contributed by atoms with Crippen molar-refractivity contribution in [3.8, 4) is 0 Å². The van der Waals surface area contributed by atoms with Gasteiger partial charge in [0.15, 0.2) is 0 Å². The van der Waals surface area contributed by atoms with Gasteiger partial charge >= 0.3 is 0 Å². The smallest absolute Gasteiger partial charge is 0.241 e. The van der Waals surface area contributed by atoms with Crippen LogP contribution in [0.2, 0.25) is 0 Å². The van der Waals surface area contributed by atoms with Gasteiger partial charge in [-0.15, -0.1) is 0 Å². The lowest BCUT2D eigenvalue weighted by molar-refractivity contribution is 0.303. The van der Waals surface area contributed by atoms with Crippen LogP contribution in [0.1, 0.15) is 50.2 Å². The van der Waals surface area contributed by atoms with E-state index in [0.717, 1.165) is 24.0 Å². The number of sulfonamides is 1. The molecule has 3 N–H and O–H groups in total. The summed E-state index contributed by atoms with van der Waals surface area (Å²) in [7, 11) is -3.48. The third-order valence-corrected chi connectivity index (χ3v) is 6.31. The maximum Gasteiger partial charge on any atom is 0.241 e. The molecule has 118 valence electrons. The zero-order valence-electron chi connectivity index (χ0n) is 12.9. The lowest BCUT2D eigenvalue weighted by Crippen LogP contribution is -2.39. The van der Waals surface area contributed by atoms with E-state index in [-0.39, 0.29) is 6.04 Å². The van der Waals surface area contributed by atoms with Crippen LogP contribution in [0.5, 0.6) is 0 Å². The summed E-state index contributed by atoms with van der Waals surface area (Å²) >= 11 is 0. The van der Waals surface area contributed by atoms with E-state index >= 15 is 0 Å². The van der Waals surface area contributed by atoms with Gasteiger partial charge in [0.1, 0.15) is 0 Å². The third kappa shape index (κ3) is 3.84. The predicted molar refractivity (Wildman–Crippen MR) is 85.4 cm³/mol. The Morgan fingerprint density at radius 1 is 1.29 bits per heavy atom. The molecule has 21 heavy (non-hydrogen) atoms. The monoisotopic (exact) mass is 310 g/mol. The first-order valence-electron chi connectivity index (χ1n) is 7.76. The van der Waals surface area contributed by atoms with Crippen LogP contribution in [0.4, 0.5) is 0 Å². The highest BCUT2D eigenvalue weighted by Gasteiger charge is 2.26. The zero-order chi connectivity index (χ0) is 15.5. The maximum absolute atomic E-state index is 12.6. The van der Waals surface area contributed by atoms with Gasteiger partial charge in [-0.05, 0) is 49.8 Å². The molecule has 0 amide bonds. The Morgan fingerprint density at radius 3 is 2.57 bits per heavy atom. The molecule has 1 atom stereocenters. The number of hydrogen-bond acceptors (Lipinski definition) is 3. The van der Waals surface area contributed by atoms with E-state index in [1.165, 1.54) is 19.3 Å². The molecule has 0 radical (unpaired) electrons. The van der Waals surface area contributed by atoms with Gasteiger partial charge in [0.25, 0.3) is 0 Å². The normalized spacial score (nSPS) is 18.6. The highest BCUT2D eigenvalue weighted by Crippen LogP contribution is 2.27. The number of benzene rings is 1. The molecule has 0 spiro atoms. The molecule has 1 aromatic carbocycles. The first-order chi connectivity index (χ1) is 9.95. The number of hydrogen-bond donors (Lipinski definition) is 2. The second-order valence-corrected chi connectivity index (χ2v) is 7.73. The Balaban J connectivity index is 2.18. The fraction of sp³-hybridized carbons (Fsp3) is 0.625. The SMILES string of the molecule is Cc1c(CN)cccc1S(=O)(=O)NC(C)C1CCCCC1. The Kier molecular flexibility index (Phi) is 5.41. The van der Waals surface area contributed by atoms with Crippen molar-refractivity contribution in [2.45, 2.75) is 63.4 Å². The summed E-state index contributed by atoms with van der Waals surface area (Å²) < 4.78 is 28.1. The first kappa shape index (κ1) is 16.5. The summed E-state index contributed by atoms with van der Waals surface area (Å²) in [5.41, 5.74) is 7.30. The van der Waals surface area contributed by atoms with Crippen molar-refractivity contribution in [2.24, 2.45) is 11.7 Å². The van der Waals surface area contributed by atoms with Crippen LogP contribution in [-0.4, -0.2) is 14.5 Å². The van der Waals surface area contributed by atoms with E-state index in [2.05, 4.69) is 4.72 Å². The summed E-state index contributed by atoms with van der Waals surface area (Å²) in [5.74, 6) is 0.450. The minimum atomic E-state index is -3.48. The molecule has 1 aromatic rings. The van der Waals surface area contributed by atoms with Crippen molar-refractivity contribution in [1.29, 1.82) is 0 Å². The fourth-order valence-electron chi connectivity index (χ4n) is 3.21. The molecule has 1 unspecified atom stereocenters. The van der Waals surface area contributed by atoms with Gasteiger partial charge in [0.05, 0.1) is 4.90 Å². The van der Waals surface area contributed by atoms with Gasteiger partial charge < -0.3 is 5.73 Å². The molecule has 5 heteroatoms. The molecule has 1 aliphatic carbocycles. The molecular formula is C16H26N2O2S. The Labute approximate surface area is 128 Å². The molecule has 0 aliphatic heterocycles. The zero-order valence-corrected chi connectivity index (χ0v) is 13.7. The quantitative estimate of drug-likeness (QED) is 0.878. The van der Waals surface area contributed by atoms with Crippen LogP contribution in [0, 0.1) is 12.8 Å². The topological polar surface area (TPSA) is 72.2 Å². The summed E-state index contributed by atoms with van der Waals surface area (Å²) in [5, 5.41) is 0. The molecule has 1 saturated carbocycles. The van der Waals surface area contributed by atoms with Crippen LogP contribution >= 0.6 is 0 Å². The Hall–Kier alpha value is -0.910. The molecule has 1 aliphatic rings. The first-order valence-corrected chi connectivity index (χ1v) is 9.25. The van der Waals surface area contributed by atoms with Crippen molar-refractivity contribution in [3.05, 3.63) is 29.3 Å². The second kappa shape index (κ2) is 6.90. The number of rotatable bonds is 5. The van der Waals surface area contributed by atoms with E-state index in [9.17, 15) is 8.42 Å². The van der Waals surface area contributed by atoms with Gasteiger partial charge in [-0.1, -0.05) is 31.4 Å². The molecule has 2 rings (SSSR count). The molecule has 0 saturated heterocycles. The van der Waals surface area contributed by atoms with Gasteiger partial charge in [-0.3, -0.25) is 0 Å². The average molecular weight is 310 g/mol. The second-order valence-electron chi connectivity index (χ2n) is 6.05. The highest BCUT2D eigenvalue weighted by molar-refractivity contribution is 7.89. The molecular weight excluding hydrogens is 284 g/mol. The van der Waals surface area contributed by atoms with E-state index in [1.807, 2.05) is 19.9 Å². The highest BCUT2D eigenvalue weighted by atomic mass is 32.2. The fourth-order valence-corrected chi connectivity index (χ4v) is 4.81. The van der Waals surface area contributed by atoms with Crippen molar-refractivity contribution in [1.82, 2.24) is 4.72 Å². The third-order valence-electron chi connectivity index (χ3n) is 4.60. The van der Waals surface area contributed by atoms with Crippen LogP contribution in [0.25, 0.3) is 0 Å². The van der Waals surface area contributed by atoms with Crippen molar-refractivity contribution in [2.75, 3.05) is 0 Å². The van der Waals surface area contributed by atoms with Crippen molar-refractivity contribution < 1.29 is 8.42 Å². The summed E-state index contributed by atoms with van der Waals surface area (Å²) in [4.78, 5) is 0.355. The van der Waals surface area contributed by atoms with E-state index in [4.69, 9.17) is 5.73 Å². The summed E-state index contributed by atoms with van der Waals surface area (Å²) in [6, 6.07) is 5.27. The van der Waals surface area contributed by atoms with Gasteiger partial charge in [0, 0.05) is 12.6 Å². The van der Waals surface area contributed by atoms with Crippen molar-refractivity contribution >= 4 is 10.0 Å². The minimum Gasteiger partial charge on any atom is -0.326 e. The minimum absolute atomic E-state index is 0.0174. The lowest BCUT2D eigenvalue weighted by Gasteiger charge is -2.28. The standard InChI is InChI=1S/C16H26N2O2S/c1-12-15(11-17)9-6-10-16(12)21(19,20)18-13(2)14-7-4-3-5-8-14/h6,9-10,13-14,18H,3-5,7-8,11,17H2,1-2H3. The molecule has 4 nitrogen and oxygen atoms in total. The number of nitrogens with one attached hydrogen (secondary N) is 1. The van der Waals surface area contributed by atoms with E-state index < -0.39 is 10.0 Å². The Bertz CT molecular complexity index is 578. The van der Waals surface area contributed by atoms with E-state index in [0.29, 0.717) is 17.4 Å². The molecule has 0 aromatic heterocycles. The number of nitrogens with two attached hydrogens (primary N) is 1. The largest absolute Gasteiger partial charge is 0.326 e. The summed E-state index contributed by atoms with van der Waals surface area (Å²) in [6.07, 6.45) is 5.92. The lowest BCUT2D eigenvalue weighted by atomic mass is 9.85. The van der Waals surface area contributed by atoms with Crippen LogP contribution < -0.4 is 10.5 Å². The van der Waals surface area contributed by atoms with Gasteiger partial charge in [-0.2, -0.15) is 0 Å². The van der Waals surface area contributed by atoms with Crippen molar-refractivity contribution in [3.63, 3.8) is 0 Å². The van der Waals surface area contributed by atoms with Crippen LogP contribution in [-0.2, 0) is 16.6 Å². The predicted octanol–water partition coefficient (Wildman–Crippen LogP) is 2.70. The van der Waals surface area contributed by atoms with Crippen LogP contribution in [0.15, 0.2) is 23.1 Å². The van der Waals surface area contributed by atoms with E-state index in [1.54, 1.807) is 12.1 Å². The molecule has 0 bridgehead atoms. The van der Waals surface area contributed by atoms with Gasteiger partial charge in [-0.25, -0.2) is 13.1 Å².